The van der Waals surface area contributed by atoms with Crippen molar-refractivity contribution >= 4 is 0 Å². The smallest absolute Gasteiger partial charge is 0.0141 e. The highest BCUT2D eigenvalue weighted by Gasteiger charge is 2.69. The first-order chi connectivity index (χ1) is 13.9. The molecule has 0 aromatic carbocycles. The molecule has 0 amide bonds. The molecule has 5 aliphatic carbocycles. The van der Waals surface area contributed by atoms with Crippen LogP contribution in [0.3, 0.4) is 0 Å². The van der Waals surface area contributed by atoms with Crippen LogP contribution in [0, 0.1) is 62.6 Å². The van der Waals surface area contributed by atoms with Gasteiger partial charge in [-0.15, -0.1) is 0 Å². The van der Waals surface area contributed by atoms with Gasteiger partial charge in [-0.05, 0) is 120 Å². The van der Waals surface area contributed by atoms with E-state index >= 15 is 0 Å². The maximum absolute atomic E-state index is 2.80. The molecule has 0 aliphatic heterocycles. The summed E-state index contributed by atoms with van der Waals surface area (Å²) in [6.07, 6.45) is 18.4. The van der Waals surface area contributed by atoms with Crippen molar-refractivity contribution < 1.29 is 0 Å². The quantitative estimate of drug-likeness (QED) is 0.378. The van der Waals surface area contributed by atoms with E-state index in [9.17, 15) is 0 Å². The van der Waals surface area contributed by atoms with Gasteiger partial charge in [-0.25, -0.2) is 0 Å². The van der Waals surface area contributed by atoms with Gasteiger partial charge in [-0.1, -0.05) is 67.5 Å². The van der Waals surface area contributed by atoms with Gasteiger partial charge in [-0.3, -0.25) is 0 Å². The summed E-state index contributed by atoms with van der Waals surface area (Å²) in [5.41, 5.74) is 2.61. The number of hydrogen-bond acceptors (Lipinski definition) is 0. The standard InChI is InChI=1S/C30H50/c1-20(2)21-12-16-27(5)18-19-29(7)22(25(21)27)10-11-24-28(6)15-9-14-26(3,4)23(28)13-17-30(24,29)8/h9,14,20-25H,10-13,15-19H2,1-8H3/t21-,22+,23-,24+,25+,27+,28-,29+,30-/m0/s1. The zero-order valence-electron chi connectivity index (χ0n) is 21.5. The predicted octanol–water partition coefficient (Wildman–Crippen LogP) is 8.91. The van der Waals surface area contributed by atoms with Crippen molar-refractivity contribution in [2.75, 3.05) is 0 Å². The highest BCUT2D eigenvalue weighted by atomic mass is 14.7. The van der Waals surface area contributed by atoms with Crippen LogP contribution in [-0.4, -0.2) is 0 Å². The SMILES string of the molecule is CC(C)[C@@H]1CC[C@]2(C)CC[C@]3(C)[C@H](CC[C@@H]4[C@@]5(C)CC=CC(C)(C)[C@@H]5CC[C@@]43C)[C@@H]12. The van der Waals surface area contributed by atoms with Gasteiger partial charge in [0.25, 0.3) is 0 Å². The molecule has 5 rings (SSSR count). The van der Waals surface area contributed by atoms with Crippen LogP contribution in [0.25, 0.3) is 0 Å². The second kappa shape index (κ2) is 6.41. The molecule has 0 bridgehead atoms. The van der Waals surface area contributed by atoms with Gasteiger partial charge in [-0.2, -0.15) is 0 Å². The Morgan fingerprint density at radius 1 is 0.733 bits per heavy atom. The van der Waals surface area contributed by atoms with Gasteiger partial charge < -0.3 is 0 Å². The zero-order valence-corrected chi connectivity index (χ0v) is 21.5. The molecule has 0 radical (unpaired) electrons. The van der Waals surface area contributed by atoms with Gasteiger partial charge in [0.05, 0.1) is 0 Å². The summed E-state index contributed by atoms with van der Waals surface area (Å²) >= 11 is 0. The largest absolute Gasteiger partial charge is 0.0874 e. The molecule has 0 heteroatoms. The first-order valence-corrected chi connectivity index (χ1v) is 13.6. The van der Waals surface area contributed by atoms with E-state index < -0.39 is 0 Å². The van der Waals surface area contributed by atoms with Crippen molar-refractivity contribution in [3.8, 4) is 0 Å². The van der Waals surface area contributed by atoms with Crippen LogP contribution in [0.5, 0.6) is 0 Å². The minimum Gasteiger partial charge on any atom is -0.0874 e. The lowest BCUT2D eigenvalue weighted by Crippen LogP contribution is -2.65. The van der Waals surface area contributed by atoms with Crippen LogP contribution < -0.4 is 0 Å². The van der Waals surface area contributed by atoms with Crippen LogP contribution in [0.4, 0.5) is 0 Å². The average Bonchev–Trinajstić information content (AvgIpc) is 2.99. The van der Waals surface area contributed by atoms with Gasteiger partial charge in [0.1, 0.15) is 0 Å². The maximum atomic E-state index is 2.80. The normalized spacial score (nSPS) is 56.8. The molecule has 0 saturated heterocycles. The predicted molar refractivity (Wildman–Crippen MR) is 129 cm³/mol. The lowest BCUT2D eigenvalue weighted by molar-refractivity contribution is -0.226. The molecule has 0 aromatic rings. The Hall–Kier alpha value is -0.260. The van der Waals surface area contributed by atoms with E-state index in [0.717, 1.165) is 35.5 Å². The monoisotopic (exact) mass is 410 g/mol. The molecule has 0 nitrogen and oxygen atoms in total. The Kier molecular flexibility index (Phi) is 4.61. The minimum atomic E-state index is 0.380. The summed E-state index contributed by atoms with van der Waals surface area (Å²) in [7, 11) is 0. The van der Waals surface area contributed by atoms with E-state index in [1.165, 1.54) is 57.8 Å². The fourth-order valence-corrected chi connectivity index (χ4v) is 11.4. The molecule has 0 unspecified atom stereocenters. The molecule has 5 aliphatic rings. The Morgan fingerprint density at radius 3 is 2.17 bits per heavy atom. The Morgan fingerprint density at radius 2 is 1.47 bits per heavy atom. The molecular formula is C30H50. The molecule has 4 fully saturated rings. The molecule has 0 aromatic heterocycles. The minimum absolute atomic E-state index is 0.380. The third-order valence-electron chi connectivity index (χ3n) is 13.0. The Bertz CT molecular complexity index is 728. The van der Waals surface area contributed by atoms with Crippen molar-refractivity contribution in [2.24, 2.45) is 62.6 Å². The van der Waals surface area contributed by atoms with Gasteiger partial charge in [0, 0.05) is 0 Å². The van der Waals surface area contributed by atoms with Crippen LogP contribution in [0.1, 0.15) is 113 Å². The lowest BCUT2D eigenvalue weighted by atomic mass is 9.33. The van der Waals surface area contributed by atoms with Crippen LogP contribution >= 0.6 is 0 Å². The van der Waals surface area contributed by atoms with E-state index in [2.05, 4.69) is 67.5 Å². The highest BCUT2D eigenvalue weighted by molar-refractivity contribution is 5.21. The lowest BCUT2D eigenvalue weighted by Gasteiger charge is -2.72. The number of fused-ring (bicyclic) bond motifs is 7. The van der Waals surface area contributed by atoms with Crippen LogP contribution in [0.2, 0.25) is 0 Å². The van der Waals surface area contributed by atoms with E-state index in [4.69, 9.17) is 0 Å². The zero-order chi connectivity index (χ0) is 21.7. The highest BCUT2D eigenvalue weighted by Crippen LogP contribution is 2.77. The Labute approximate surface area is 188 Å². The van der Waals surface area contributed by atoms with Crippen molar-refractivity contribution in [1.82, 2.24) is 0 Å². The van der Waals surface area contributed by atoms with Crippen LogP contribution in [0.15, 0.2) is 12.2 Å². The molecule has 4 saturated carbocycles. The van der Waals surface area contributed by atoms with Crippen molar-refractivity contribution in [3.63, 3.8) is 0 Å². The fourth-order valence-electron chi connectivity index (χ4n) is 11.4. The van der Waals surface area contributed by atoms with E-state index in [0.29, 0.717) is 27.1 Å². The summed E-state index contributed by atoms with van der Waals surface area (Å²) in [5, 5.41) is 0. The van der Waals surface area contributed by atoms with Crippen molar-refractivity contribution in [2.45, 2.75) is 113 Å². The van der Waals surface area contributed by atoms with Gasteiger partial charge >= 0.3 is 0 Å². The molecule has 0 N–H and O–H groups in total. The summed E-state index contributed by atoms with van der Waals surface area (Å²) in [5.74, 6) is 5.59. The topological polar surface area (TPSA) is 0 Å². The molecular weight excluding hydrogens is 360 g/mol. The van der Waals surface area contributed by atoms with E-state index in [-0.39, 0.29) is 0 Å². The van der Waals surface area contributed by atoms with Crippen molar-refractivity contribution in [3.05, 3.63) is 12.2 Å². The molecule has 170 valence electrons. The molecule has 0 heterocycles. The van der Waals surface area contributed by atoms with E-state index in [1.54, 1.807) is 0 Å². The third kappa shape index (κ3) is 2.52. The van der Waals surface area contributed by atoms with Gasteiger partial charge in [0.15, 0.2) is 0 Å². The first kappa shape index (κ1) is 21.6. The summed E-state index contributed by atoms with van der Waals surface area (Å²) in [4.78, 5) is 0. The number of allylic oxidation sites excluding steroid dienone is 2. The fraction of sp³-hybridized carbons (Fsp3) is 0.933. The summed E-state index contributed by atoms with van der Waals surface area (Å²) in [6.45, 7) is 21.1. The van der Waals surface area contributed by atoms with Crippen LogP contribution in [-0.2, 0) is 0 Å². The third-order valence-corrected chi connectivity index (χ3v) is 13.0. The summed E-state index contributed by atoms with van der Waals surface area (Å²) < 4.78 is 0. The number of rotatable bonds is 1. The first-order valence-electron chi connectivity index (χ1n) is 13.6. The maximum Gasteiger partial charge on any atom is -0.0141 e. The molecule has 0 spiro atoms. The second-order valence-electron chi connectivity index (χ2n) is 14.7. The van der Waals surface area contributed by atoms with E-state index in [1.807, 2.05) is 0 Å². The summed E-state index contributed by atoms with van der Waals surface area (Å²) in [6, 6.07) is 0. The Balaban J connectivity index is 1.55. The molecule has 30 heavy (non-hydrogen) atoms. The second-order valence-corrected chi connectivity index (χ2v) is 14.7. The molecule has 9 atom stereocenters. The van der Waals surface area contributed by atoms with Gasteiger partial charge in [0.2, 0.25) is 0 Å². The van der Waals surface area contributed by atoms with Crippen molar-refractivity contribution in [1.29, 1.82) is 0 Å². The number of hydrogen-bond donors (Lipinski definition) is 0. The average molecular weight is 411 g/mol.